The number of hydrogen-bond donors (Lipinski definition) is 1. The number of ether oxygens (including phenoxy) is 1. The summed E-state index contributed by atoms with van der Waals surface area (Å²) in [6.45, 7) is 8.39. The summed E-state index contributed by atoms with van der Waals surface area (Å²) in [6, 6.07) is 22.2. The van der Waals surface area contributed by atoms with Crippen molar-refractivity contribution >= 4 is 11.5 Å². The first kappa shape index (κ1) is 28.8. The van der Waals surface area contributed by atoms with Gasteiger partial charge in [-0.2, -0.15) is 4.37 Å². The summed E-state index contributed by atoms with van der Waals surface area (Å²) in [5.41, 5.74) is 7.26. The molecule has 0 atom stereocenters. The average Bonchev–Trinajstić information content (AvgIpc) is 3.58. The molecule has 2 aromatic heterocycles. The van der Waals surface area contributed by atoms with Gasteiger partial charge in [0.15, 0.2) is 5.82 Å². The number of benzene rings is 3. The maximum absolute atomic E-state index is 14.3. The minimum absolute atomic E-state index is 0.00186. The second kappa shape index (κ2) is 11.8. The molecule has 0 bridgehead atoms. The van der Waals surface area contributed by atoms with Crippen molar-refractivity contribution in [3.63, 3.8) is 0 Å². The molecule has 0 saturated carbocycles. The van der Waals surface area contributed by atoms with E-state index in [1.54, 1.807) is 4.57 Å². The molecule has 1 aliphatic rings. The van der Waals surface area contributed by atoms with Gasteiger partial charge in [0.1, 0.15) is 17.2 Å². The van der Waals surface area contributed by atoms with Crippen LogP contribution in [0.4, 0.5) is 0 Å². The van der Waals surface area contributed by atoms with E-state index in [2.05, 4.69) is 67.4 Å². The number of rotatable bonds is 9. The van der Waals surface area contributed by atoms with Gasteiger partial charge in [-0.3, -0.25) is 19.1 Å². The summed E-state index contributed by atoms with van der Waals surface area (Å²) in [5.74, 6) is 2.24. The smallest absolute Gasteiger partial charge is 0.323 e. The number of H-pyrrole nitrogens is 1. The SMILES string of the molecule is CCCCc1nc(CC)n(-c2ccc3c(c2)CC(C)(C)O3)c(=O)c1Cc1ccc(-c2ccccc2-c2nsc(=O)[nH]2)cc1. The Bertz CT molecular complexity index is 1900. The molecule has 220 valence electrons. The Morgan fingerprint density at radius 2 is 1.77 bits per heavy atom. The lowest BCUT2D eigenvalue weighted by atomic mass is 9.96. The van der Waals surface area contributed by atoms with Gasteiger partial charge < -0.3 is 4.74 Å². The molecule has 0 unspecified atom stereocenters. The minimum Gasteiger partial charge on any atom is -0.487 e. The van der Waals surface area contributed by atoms with Crippen molar-refractivity contribution in [3.05, 3.63) is 115 Å². The van der Waals surface area contributed by atoms with E-state index in [1.807, 2.05) is 36.4 Å². The van der Waals surface area contributed by atoms with Crippen LogP contribution in [-0.2, 0) is 25.7 Å². The molecule has 3 heterocycles. The molecule has 1 aliphatic heterocycles. The van der Waals surface area contributed by atoms with Gasteiger partial charge in [-0.05, 0) is 61.6 Å². The molecule has 0 saturated heterocycles. The van der Waals surface area contributed by atoms with Crippen LogP contribution in [0.3, 0.4) is 0 Å². The first-order valence-electron chi connectivity index (χ1n) is 15.0. The van der Waals surface area contributed by atoms with E-state index in [-0.39, 0.29) is 16.0 Å². The Hall–Kier alpha value is -4.30. The van der Waals surface area contributed by atoms with Crippen molar-refractivity contribution in [2.45, 2.75) is 71.8 Å². The number of nitrogens with zero attached hydrogens (tertiary/aromatic N) is 3. The highest BCUT2D eigenvalue weighted by Crippen LogP contribution is 2.36. The molecule has 0 radical (unpaired) electrons. The predicted octanol–water partition coefficient (Wildman–Crippen LogP) is 6.92. The van der Waals surface area contributed by atoms with Gasteiger partial charge in [-0.25, -0.2) is 4.98 Å². The Kier molecular flexibility index (Phi) is 7.88. The van der Waals surface area contributed by atoms with Crippen molar-refractivity contribution < 1.29 is 4.74 Å². The Morgan fingerprint density at radius 3 is 2.47 bits per heavy atom. The van der Waals surface area contributed by atoms with Gasteiger partial charge in [0.2, 0.25) is 0 Å². The van der Waals surface area contributed by atoms with Crippen molar-refractivity contribution in [1.82, 2.24) is 18.9 Å². The molecule has 0 aliphatic carbocycles. The van der Waals surface area contributed by atoms with Crippen LogP contribution in [0, 0.1) is 0 Å². The van der Waals surface area contributed by atoms with Crippen molar-refractivity contribution in [3.8, 4) is 34.0 Å². The van der Waals surface area contributed by atoms with E-state index < -0.39 is 0 Å². The maximum Gasteiger partial charge on any atom is 0.323 e. The zero-order valence-corrected chi connectivity index (χ0v) is 25.9. The summed E-state index contributed by atoms with van der Waals surface area (Å²) in [7, 11) is 0. The second-order valence-electron chi connectivity index (χ2n) is 11.7. The van der Waals surface area contributed by atoms with E-state index >= 15 is 0 Å². The fraction of sp³-hybridized carbons (Fsp3) is 0.314. The van der Waals surface area contributed by atoms with Crippen LogP contribution in [-0.4, -0.2) is 24.5 Å². The highest BCUT2D eigenvalue weighted by Gasteiger charge is 2.30. The van der Waals surface area contributed by atoms with Gasteiger partial charge >= 0.3 is 4.87 Å². The molecule has 0 fully saturated rings. The highest BCUT2D eigenvalue weighted by molar-refractivity contribution is 7.03. The molecule has 43 heavy (non-hydrogen) atoms. The van der Waals surface area contributed by atoms with E-state index in [9.17, 15) is 9.59 Å². The van der Waals surface area contributed by atoms with Gasteiger partial charge in [-0.15, -0.1) is 0 Å². The minimum atomic E-state index is -0.253. The van der Waals surface area contributed by atoms with Gasteiger partial charge in [0.25, 0.3) is 5.56 Å². The van der Waals surface area contributed by atoms with Crippen LogP contribution in [0.5, 0.6) is 5.75 Å². The Morgan fingerprint density at radius 1 is 1.00 bits per heavy atom. The van der Waals surface area contributed by atoms with E-state index in [4.69, 9.17) is 9.72 Å². The topological polar surface area (TPSA) is 89.9 Å². The lowest BCUT2D eigenvalue weighted by Gasteiger charge is -2.17. The fourth-order valence-electron chi connectivity index (χ4n) is 5.91. The quantitative estimate of drug-likeness (QED) is 0.201. The third kappa shape index (κ3) is 5.84. The first-order chi connectivity index (χ1) is 20.8. The summed E-state index contributed by atoms with van der Waals surface area (Å²) in [5, 5.41) is 0. The number of aryl methyl sites for hydroxylation is 2. The lowest BCUT2D eigenvalue weighted by Crippen LogP contribution is -2.29. The molecular formula is C35H36N4O3S. The normalized spacial score (nSPS) is 13.6. The third-order valence-corrected chi connectivity index (χ3v) is 8.53. The summed E-state index contributed by atoms with van der Waals surface area (Å²) in [4.78, 5) is 33.8. The van der Waals surface area contributed by atoms with Crippen LogP contribution in [0.1, 0.15) is 68.7 Å². The number of aromatic amines is 1. The zero-order valence-electron chi connectivity index (χ0n) is 25.1. The number of fused-ring (bicyclic) bond motifs is 1. The van der Waals surface area contributed by atoms with Gasteiger partial charge in [0.05, 0.1) is 11.4 Å². The molecule has 0 amide bonds. The van der Waals surface area contributed by atoms with Crippen LogP contribution in [0.2, 0.25) is 0 Å². The zero-order chi connectivity index (χ0) is 30.1. The Labute approximate surface area is 255 Å². The largest absolute Gasteiger partial charge is 0.487 e. The average molecular weight is 593 g/mol. The molecule has 6 rings (SSSR count). The summed E-state index contributed by atoms with van der Waals surface area (Å²) in [6.07, 6.45) is 4.74. The third-order valence-electron chi connectivity index (χ3n) is 7.99. The summed E-state index contributed by atoms with van der Waals surface area (Å²) < 4.78 is 12.2. The molecule has 7 nitrogen and oxygen atoms in total. The monoisotopic (exact) mass is 592 g/mol. The maximum atomic E-state index is 14.3. The van der Waals surface area contributed by atoms with Gasteiger partial charge in [-0.1, -0.05) is 68.8 Å². The van der Waals surface area contributed by atoms with Crippen molar-refractivity contribution in [2.24, 2.45) is 0 Å². The van der Waals surface area contributed by atoms with Gasteiger partial charge in [0, 0.05) is 47.5 Å². The van der Waals surface area contributed by atoms with Crippen LogP contribution in [0.15, 0.2) is 76.3 Å². The van der Waals surface area contributed by atoms with E-state index in [0.29, 0.717) is 18.7 Å². The standard InChI is InChI=1S/C35H36N4O3S/c1-5-7-12-29-28(33(40)39(31(6-2)36-29)25-17-18-30-24(20-25)21-35(3,4)42-30)19-22-13-15-23(16-14-22)26-10-8-9-11-27(26)32-37-34(41)43-38-32/h8-11,13-18,20H,5-7,12,19,21H2,1-4H3,(H,37,38,41). The van der Waals surface area contributed by atoms with E-state index in [0.717, 1.165) is 93.6 Å². The van der Waals surface area contributed by atoms with Crippen molar-refractivity contribution in [2.75, 3.05) is 0 Å². The van der Waals surface area contributed by atoms with Crippen LogP contribution >= 0.6 is 11.5 Å². The molecule has 1 N–H and O–H groups in total. The molecular weight excluding hydrogens is 556 g/mol. The van der Waals surface area contributed by atoms with Crippen LogP contribution in [0.25, 0.3) is 28.2 Å². The fourth-order valence-corrected chi connectivity index (χ4v) is 6.37. The lowest BCUT2D eigenvalue weighted by molar-refractivity contribution is 0.138. The second-order valence-corrected chi connectivity index (χ2v) is 12.5. The molecule has 3 aromatic carbocycles. The molecule has 5 aromatic rings. The number of aromatic nitrogens is 4. The van der Waals surface area contributed by atoms with E-state index in [1.165, 1.54) is 0 Å². The highest BCUT2D eigenvalue weighted by atomic mass is 32.1. The number of nitrogens with one attached hydrogen (secondary N) is 1. The van der Waals surface area contributed by atoms with Crippen molar-refractivity contribution in [1.29, 1.82) is 0 Å². The predicted molar refractivity (Wildman–Crippen MR) is 173 cm³/mol. The molecule has 8 heteroatoms. The number of hydrogen-bond acceptors (Lipinski definition) is 6. The molecule has 0 spiro atoms. The van der Waals surface area contributed by atoms with Crippen LogP contribution < -0.4 is 15.2 Å². The summed E-state index contributed by atoms with van der Waals surface area (Å²) >= 11 is 0.918. The first-order valence-corrected chi connectivity index (χ1v) is 15.7. The number of unbranched alkanes of at least 4 members (excludes halogenated alkanes) is 1. The Balaban J connectivity index is 1.38.